The maximum Gasteiger partial charge on any atom is 0.164 e. The molecular weight excluding hydrogens is 252 g/mol. The number of carbonyl (C=O) groups is 1. The average molecular weight is 267 g/mol. The molecule has 0 amide bonds. The van der Waals surface area contributed by atoms with Crippen molar-refractivity contribution in [2.75, 3.05) is 0 Å². The summed E-state index contributed by atoms with van der Waals surface area (Å²) in [6.45, 7) is 2.00. The first-order valence-electron chi connectivity index (χ1n) is 5.47. The number of benzene rings is 1. The maximum absolute atomic E-state index is 12.1. The number of hydrogen-bond acceptors (Lipinski definition) is 1. The van der Waals surface area contributed by atoms with Gasteiger partial charge in [-0.3, -0.25) is 4.79 Å². The second-order valence-corrected chi connectivity index (χ2v) is 5.21. The summed E-state index contributed by atoms with van der Waals surface area (Å²) in [5, 5.41) is 0. The van der Waals surface area contributed by atoms with Gasteiger partial charge in [0.15, 0.2) is 5.78 Å². The molecule has 0 spiro atoms. The summed E-state index contributed by atoms with van der Waals surface area (Å²) in [4.78, 5) is 12.1. The van der Waals surface area contributed by atoms with Crippen LogP contribution in [0.15, 0.2) is 22.7 Å². The highest BCUT2D eigenvalue weighted by molar-refractivity contribution is 9.10. The smallest absolute Gasteiger partial charge is 0.164 e. The van der Waals surface area contributed by atoms with E-state index in [0.717, 1.165) is 22.0 Å². The van der Waals surface area contributed by atoms with Crippen molar-refractivity contribution in [3.8, 4) is 0 Å². The van der Waals surface area contributed by atoms with Gasteiger partial charge < -0.3 is 0 Å². The average Bonchev–Trinajstić information content (AvgIpc) is 2.11. The van der Waals surface area contributed by atoms with E-state index in [9.17, 15) is 4.79 Å². The molecule has 80 valence electrons. The molecule has 0 N–H and O–H groups in total. The van der Waals surface area contributed by atoms with Crippen LogP contribution in [-0.4, -0.2) is 5.78 Å². The molecule has 0 heterocycles. The lowest BCUT2D eigenvalue weighted by atomic mass is 9.80. The third-order valence-electron chi connectivity index (χ3n) is 3.20. The van der Waals surface area contributed by atoms with E-state index in [1.54, 1.807) is 0 Å². The fraction of sp³-hybridized carbons (Fsp3) is 0.462. The summed E-state index contributed by atoms with van der Waals surface area (Å²) in [7, 11) is 0. The van der Waals surface area contributed by atoms with Crippen molar-refractivity contribution in [1.29, 1.82) is 0 Å². The highest BCUT2D eigenvalue weighted by Crippen LogP contribution is 2.32. The molecule has 2 heteroatoms. The summed E-state index contributed by atoms with van der Waals surface area (Å²) < 4.78 is 0.937. The Hall–Kier alpha value is -0.630. The topological polar surface area (TPSA) is 17.1 Å². The molecule has 2 rings (SSSR count). The van der Waals surface area contributed by atoms with Gasteiger partial charge in [0.25, 0.3) is 0 Å². The summed E-state index contributed by atoms with van der Waals surface area (Å²) >= 11 is 3.46. The molecule has 1 fully saturated rings. The van der Waals surface area contributed by atoms with Crippen LogP contribution >= 0.6 is 15.9 Å². The number of ketones is 1. The molecule has 0 radical (unpaired) electrons. The predicted molar refractivity (Wildman–Crippen MR) is 65.2 cm³/mol. The van der Waals surface area contributed by atoms with Crippen LogP contribution in [0.2, 0.25) is 0 Å². The molecule has 0 bridgehead atoms. The minimum Gasteiger partial charge on any atom is -0.294 e. The van der Waals surface area contributed by atoms with Gasteiger partial charge >= 0.3 is 0 Å². The van der Waals surface area contributed by atoms with E-state index in [1.165, 1.54) is 19.3 Å². The van der Waals surface area contributed by atoms with Crippen LogP contribution in [0, 0.1) is 12.8 Å². The summed E-state index contributed by atoms with van der Waals surface area (Å²) in [5.74, 6) is 0.939. The number of carbonyl (C=O) groups excluding carboxylic acids is 1. The van der Waals surface area contributed by atoms with Gasteiger partial charge in [-0.1, -0.05) is 47.3 Å². The van der Waals surface area contributed by atoms with Gasteiger partial charge in [-0.25, -0.2) is 0 Å². The van der Waals surface area contributed by atoms with Crippen molar-refractivity contribution >= 4 is 21.7 Å². The highest BCUT2D eigenvalue weighted by atomic mass is 79.9. The van der Waals surface area contributed by atoms with E-state index in [1.807, 2.05) is 25.1 Å². The van der Waals surface area contributed by atoms with Crippen molar-refractivity contribution < 1.29 is 4.79 Å². The van der Waals surface area contributed by atoms with Crippen LogP contribution in [0.5, 0.6) is 0 Å². The summed E-state index contributed by atoms with van der Waals surface area (Å²) in [5.41, 5.74) is 1.96. The van der Waals surface area contributed by atoms with Crippen molar-refractivity contribution in [3.05, 3.63) is 33.8 Å². The lowest BCUT2D eigenvalue weighted by Crippen LogP contribution is -2.16. The first kappa shape index (κ1) is 10.9. The van der Waals surface area contributed by atoms with E-state index >= 15 is 0 Å². The van der Waals surface area contributed by atoms with E-state index in [2.05, 4.69) is 15.9 Å². The van der Waals surface area contributed by atoms with E-state index < -0.39 is 0 Å². The Morgan fingerprint density at radius 2 is 2.20 bits per heavy atom. The molecule has 0 saturated heterocycles. The molecule has 0 unspecified atom stereocenters. The quantitative estimate of drug-likeness (QED) is 0.752. The zero-order valence-corrected chi connectivity index (χ0v) is 10.5. The molecule has 0 aromatic heterocycles. The molecule has 1 nitrogen and oxygen atoms in total. The molecule has 0 atom stereocenters. The Morgan fingerprint density at radius 3 is 2.73 bits per heavy atom. The van der Waals surface area contributed by atoms with Crippen LogP contribution in [0.3, 0.4) is 0 Å². The molecule has 1 aliphatic rings. The van der Waals surface area contributed by atoms with Gasteiger partial charge in [0.1, 0.15) is 0 Å². The van der Waals surface area contributed by atoms with Gasteiger partial charge in [0.2, 0.25) is 0 Å². The molecule has 1 aromatic rings. The van der Waals surface area contributed by atoms with Gasteiger partial charge in [-0.05, 0) is 24.5 Å². The molecule has 1 aromatic carbocycles. The molecular formula is C13H15BrO. The van der Waals surface area contributed by atoms with Crippen molar-refractivity contribution in [2.24, 2.45) is 5.92 Å². The predicted octanol–water partition coefficient (Wildman–Crippen LogP) is 4.13. The fourth-order valence-electron chi connectivity index (χ4n) is 2.05. The Balaban J connectivity index is 2.16. The van der Waals surface area contributed by atoms with Gasteiger partial charge in [-0.2, -0.15) is 0 Å². The lowest BCUT2D eigenvalue weighted by molar-refractivity contribution is 0.0935. The zero-order valence-electron chi connectivity index (χ0n) is 8.92. The van der Waals surface area contributed by atoms with Crippen LogP contribution in [0.1, 0.15) is 41.6 Å². The maximum atomic E-state index is 12.1. The van der Waals surface area contributed by atoms with Crippen molar-refractivity contribution in [3.63, 3.8) is 0 Å². The minimum absolute atomic E-state index is 0.296. The Bertz CT molecular complexity index is 360. The normalized spacial score (nSPS) is 16.1. The first-order chi connectivity index (χ1) is 7.18. The molecule has 1 saturated carbocycles. The fourth-order valence-corrected chi connectivity index (χ4v) is 2.73. The summed E-state index contributed by atoms with van der Waals surface area (Å²) in [6, 6.07) is 5.92. The van der Waals surface area contributed by atoms with Crippen LogP contribution < -0.4 is 0 Å². The number of rotatable bonds is 3. The largest absolute Gasteiger partial charge is 0.294 e. The van der Waals surface area contributed by atoms with Crippen LogP contribution in [0.4, 0.5) is 0 Å². The first-order valence-corrected chi connectivity index (χ1v) is 6.26. The third-order valence-corrected chi connectivity index (χ3v) is 3.86. The number of aryl methyl sites for hydroxylation is 1. The Kier molecular flexibility index (Phi) is 3.25. The molecule has 0 aliphatic heterocycles. The Morgan fingerprint density at radius 1 is 1.47 bits per heavy atom. The number of halogens is 1. The number of Topliss-reactive ketones (excluding diaryl/α,β-unsaturated/α-hetero) is 1. The van der Waals surface area contributed by atoms with Gasteiger partial charge in [0.05, 0.1) is 0 Å². The monoisotopic (exact) mass is 266 g/mol. The second kappa shape index (κ2) is 4.48. The van der Waals surface area contributed by atoms with Crippen LogP contribution in [0.25, 0.3) is 0 Å². The Labute approximate surface area is 99.0 Å². The van der Waals surface area contributed by atoms with Crippen molar-refractivity contribution in [2.45, 2.75) is 32.6 Å². The SMILES string of the molecule is Cc1cccc(Br)c1C(=O)CC1CCC1. The van der Waals surface area contributed by atoms with E-state index in [-0.39, 0.29) is 0 Å². The highest BCUT2D eigenvalue weighted by Gasteiger charge is 2.23. The second-order valence-electron chi connectivity index (χ2n) is 4.36. The van der Waals surface area contributed by atoms with Crippen molar-refractivity contribution in [1.82, 2.24) is 0 Å². The zero-order chi connectivity index (χ0) is 10.8. The summed E-state index contributed by atoms with van der Waals surface area (Å²) in [6.07, 6.45) is 4.49. The van der Waals surface area contributed by atoms with E-state index in [4.69, 9.17) is 0 Å². The minimum atomic E-state index is 0.296. The van der Waals surface area contributed by atoms with E-state index in [0.29, 0.717) is 11.7 Å². The molecule has 15 heavy (non-hydrogen) atoms. The number of hydrogen-bond donors (Lipinski definition) is 0. The lowest BCUT2D eigenvalue weighted by Gasteiger charge is -2.24. The van der Waals surface area contributed by atoms with Gasteiger partial charge in [-0.15, -0.1) is 0 Å². The van der Waals surface area contributed by atoms with Crippen LogP contribution in [-0.2, 0) is 0 Å². The molecule has 1 aliphatic carbocycles. The van der Waals surface area contributed by atoms with Gasteiger partial charge in [0, 0.05) is 16.5 Å². The third kappa shape index (κ3) is 2.31. The standard InChI is InChI=1S/C13H15BrO/c1-9-4-2-7-11(14)13(9)12(15)8-10-5-3-6-10/h2,4,7,10H,3,5-6,8H2,1H3.